The van der Waals surface area contributed by atoms with E-state index in [1.165, 1.54) is 14.0 Å². The van der Waals surface area contributed by atoms with Gasteiger partial charge in [0, 0.05) is 7.11 Å². The van der Waals surface area contributed by atoms with Crippen LogP contribution in [0.25, 0.3) is 0 Å². The first-order chi connectivity index (χ1) is 6.49. The lowest BCUT2D eigenvalue weighted by Gasteiger charge is -2.38. The Kier molecular flexibility index (Phi) is 3.57. The first-order valence-corrected chi connectivity index (χ1v) is 4.22. The average molecular weight is 206 g/mol. The van der Waals surface area contributed by atoms with Crippen LogP contribution in [-0.2, 0) is 14.3 Å². The molecule has 1 rings (SSSR count). The minimum absolute atomic E-state index is 0.425. The van der Waals surface area contributed by atoms with Crippen LogP contribution < -0.4 is 0 Å². The SMILES string of the molecule is COC1OC(C(C)=O)C(O)C(O)C1O. The molecule has 0 amide bonds. The van der Waals surface area contributed by atoms with Crippen molar-refractivity contribution >= 4 is 5.78 Å². The lowest BCUT2D eigenvalue weighted by molar-refractivity contribution is -0.282. The summed E-state index contributed by atoms with van der Waals surface area (Å²) in [5, 5.41) is 28.1. The maximum Gasteiger partial charge on any atom is 0.186 e. The number of hydrogen-bond donors (Lipinski definition) is 3. The van der Waals surface area contributed by atoms with Crippen molar-refractivity contribution in [3.63, 3.8) is 0 Å². The van der Waals surface area contributed by atoms with Crippen LogP contribution in [0.4, 0.5) is 0 Å². The first-order valence-electron chi connectivity index (χ1n) is 4.22. The van der Waals surface area contributed by atoms with Crippen LogP contribution >= 0.6 is 0 Å². The third kappa shape index (κ3) is 1.94. The maximum absolute atomic E-state index is 11.0. The Morgan fingerprint density at radius 1 is 1.21 bits per heavy atom. The highest BCUT2D eigenvalue weighted by atomic mass is 16.7. The third-order valence-corrected chi connectivity index (χ3v) is 2.20. The fourth-order valence-corrected chi connectivity index (χ4v) is 1.38. The van der Waals surface area contributed by atoms with Gasteiger partial charge in [0.1, 0.15) is 24.4 Å². The third-order valence-electron chi connectivity index (χ3n) is 2.20. The first kappa shape index (κ1) is 11.5. The standard InChI is InChI=1S/C8H14O6/c1-3(9)7-5(11)4(10)6(12)8(13-2)14-7/h4-8,10-12H,1-2H3. The molecule has 0 saturated carbocycles. The Hall–Kier alpha value is -0.530. The van der Waals surface area contributed by atoms with E-state index in [4.69, 9.17) is 9.47 Å². The molecule has 1 saturated heterocycles. The van der Waals surface area contributed by atoms with Crippen LogP contribution in [-0.4, -0.2) is 58.9 Å². The van der Waals surface area contributed by atoms with Crippen LogP contribution in [0.3, 0.4) is 0 Å². The van der Waals surface area contributed by atoms with Gasteiger partial charge in [-0.05, 0) is 6.92 Å². The highest BCUT2D eigenvalue weighted by Crippen LogP contribution is 2.21. The van der Waals surface area contributed by atoms with Crippen molar-refractivity contribution in [2.24, 2.45) is 0 Å². The molecule has 82 valence electrons. The molecule has 6 nitrogen and oxygen atoms in total. The summed E-state index contributed by atoms with van der Waals surface area (Å²) in [7, 11) is 1.27. The molecule has 3 N–H and O–H groups in total. The van der Waals surface area contributed by atoms with E-state index in [-0.39, 0.29) is 0 Å². The Bertz CT molecular complexity index is 216. The zero-order valence-corrected chi connectivity index (χ0v) is 7.95. The molecule has 0 aromatic heterocycles. The second-order valence-corrected chi connectivity index (χ2v) is 3.24. The van der Waals surface area contributed by atoms with E-state index in [0.29, 0.717) is 0 Å². The minimum atomic E-state index is -1.44. The van der Waals surface area contributed by atoms with Crippen molar-refractivity contribution in [3.05, 3.63) is 0 Å². The summed E-state index contributed by atoms with van der Waals surface area (Å²) in [4.78, 5) is 11.0. The van der Waals surface area contributed by atoms with Gasteiger partial charge >= 0.3 is 0 Å². The second kappa shape index (κ2) is 4.33. The van der Waals surface area contributed by atoms with E-state index in [1.54, 1.807) is 0 Å². The number of carbonyl (C=O) groups is 1. The molecule has 0 aliphatic carbocycles. The molecule has 6 heteroatoms. The van der Waals surface area contributed by atoms with E-state index in [0.717, 1.165) is 0 Å². The Morgan fingerprint density at radius 3 is 2.21 bits per heavy atom. The molecule has 0 aromatic rings. The largest absolute Gasteiger partial charge is 0.387 e. The zero-order chi connectivity index (χ0) is 10.9. The summed E-state index contributed by atoms with van der Waals surface area (Å²) in [6, 6.07) is 0. The molecule has 5 unspecified atom stereocenters. The van der Waals surface area contributed by atoms with Gasteiger partial charge in [0.25, 0.3) is 0 Å². The predicted octanol–water partition coefficient (Wildman–Crippen LogP) is -1.97. The number of carbonyl (C=O) groups excluding carboxylic acids is 1. The fourth-order valence-electron chi connectivity index (χ4n) is 1.38. The fraction of sp³-hybridized carbons (Fsp3) is 0.875. The van der Waals surface area contributed by atoms with Crippen molar-refractivity contribution in [2.45, 2.75) is 37.6 Å². The molecule has 14 heavy (non-hydrogen) atoms. The second-order valence-electron chi connectivity index (χ2n) is 3.24. The number of methoxy groups -OCH3 is 1. The van der Waals surface area contributed by atoms with E-state index < -0.39 is 36.5 Å². The van der Waals surface area contributed by atoms with Crippen molar-refractivity contribution in [1.82, 2.24) is 0 Å². The molecule has 1 aliphatic heterocycles. The lowest BCUT2D eigenvalue weighted by atomic mass is 9.97. The predicted molar refractivity (Wildman–Crippen MR) is 44.4 cm³/mol. The van der Waals surface area contributed by atoms with Crippen molar-refractivity contribution in [1.29, 1.82) is 0 Å². The number of aliphatic hydroxyl groups is 3. The van der Waals surface area contributed by atoms with Crippen molar-refractivity contribution in [3.8, 4) is 0 Å². The van der Waals surface area contributed by atoms with E-state index in [1.807, 2.05) is 0 Å². The Labute approximate surface area is 81.1 Å². The minimum Gasteiger partial charge on any atom is -0.387 e. The average Bonchev–Trinajstić information content (AvgIpc) is 2.14. The van der Waals surface area contributed by atoms with Crippen molar-refractivity contribution < 1.29 is 29.6 Å². The number of aliphatic hydroxyl groups excluding tert-OH is 3. The normalized spacial score (nSPS) is 43.6. The highest BCUT2D eigenvalue weighted by molar-refractivity contribution is 5.81. The van der Waals surface area contributed by atoms with Gasteiger partial charge in [-0.3, -0.25) is 4.79 Å². The van der Waals surface area contributed by atoms with Crippen LogP contribution in [0.15, 0.2) is 0 Å². The maximum atomic E-state index is 11.0. The smallest absolute Gasteiger partial charge is 0.186 e. The Morgan fingerprint density at radius 2 is 1.79 bits per heavy atom. The lowest BCUT2D eigenvalue weighted by Crippen LogP contribution is -2.59. The van der Waals surface area contributed by atoms with Crippen LogP contribution in [0.5, 0.6) is 0 Å². The summed E-state index contributed by atoms with van der Waals surface area (Å²) in [5.41, 5.74) is 0. The molecular weight excluding hydrogens is 192 g/mol. The van der Waals surface area contributed by atoms with E-state index >= 15 is 0 Å². The van der Waals surface area contributed by atoms with Crippen LogP contribution in [0.1, 0.15) is 6.92 Å². The molecular formula is C8H14O6. The van der Waals surface area contributed by atoms with Gasteiger partial charge in [0.05, 0.1) is 0 Å². The summed E-state index contributed by atoms with van der Waals surface area (Å²) >= 11 is 0. The summed E-state index contributed by atoms with van der Waals surface area (Å²) in [6.07, 6.45) is -6.47. The molecule has 1 fully saturated rings. The molecule has 0 radical (unpaired) electrons. The zero-order valence-electron chi connectivity index (χ0n) is 7.95. The number of rotatable bonds is 2. The topological polar surface area (TPSA) is 96.2 Å². The quantitative estimate of drug-likeness (QED) is 0.485. The summed E-state index contributed by atoms with van der Waals surface area (Å²) < 4.78 is 9.67. The van der Waals surface area contributed by atoms with Gasteiger partial charge in [-0.1, -0.05) is 0 Å². The van der Waals surface area contributed by atoms with Gasteiger partial charge in [-0.15, -0.1) is 0 Å². The number of ether oxygens (including phenoxy) is 2. The van der Waals surface area contributed by atoms with E-state index in [2.05, 4.69) is 0 Å². The highest BCUT2D eigenvalue weighted by Gasteiger charge is 2.45. The Balaban J connectivity index is 2.78. The molecule has 1 heterocycles. The van der Waals surface area contributed by atoms with Gasteiger partial charge < -0.3 is 24.8 Å². The van der Waals surface area contributed by atoms with Crippen molar-refractivity contribution in [2.75, 3.05) is 7.11 Å². The molecule has 0 aromatic carbocycles. The van der Waals surface area contributed by atoms with Gasteiger partial charge in [-0.25, -0.2) is 0 Å². The van der Waals surface area contributed by atoms with Gasteiger partial charge in [0.2, 0.25) is 0 Å². The molecule has 5 atom stereocenters. The number of ketones is 1. The van der Waals surface area contributed by atoms with Gasteiger partial charge in [0.15, 0.2) is 12.1 Å². The van der Waals surface area contributed by atoms with Gasteiger partial charge in [-0.2, -0.15) is 0 Å². The summed E-state index contributed by atoms with van der Waals surface area (Å²) in [6.45, 7) is 1.23. The number of Topliss-reactive ketones (excluding diaryl/α,β-unsaturated/α-hetero) is 1. The summed E-state index contributed by atoms with van der Waals surface area (Å²) in [5.74, 6) is -0.425. The monoisotopic (exact) mass is 206 g/mol. The van der Waals surface area contributed by atoms with E-state index in [9.17, 15) is 20.1 Å². The van der Waals surface area contributed by atoms with Crippen LogP contribution in [0, 0.1) is 0 Å². The number of hydrogen-bond acceptors (Lipinski definition) is 6. The molecule has 0 bridgehead atoms. The molecule has 1 aliphatic rings. The van der Waals surface area contributed by atoms with Crippen LogP contribution in [0.2, 0.25) is 0 Å². The molecule has 0 spiro atoms.